The predicted molar refractivity (Wildman–Crippen MR) is 43.7 cm³/mol. The van der Waals surface area contributed by atoms with Gasteiger partial charge in [0.1, 0.15) is 0 Å². The molecule has 1 nitrogen and oxygen atoms in total. The lowest BCUT2D eigenvalue weighted by molar-refractivity contribution is 0.454. The molecule has 0 radical (unpaired) electrons. The zero-order valence-corrected chi connectivity index (χ0v) is 6.79. The largest absolute Gasteiger partial charge is 0.327 e. The molecule has 1 aliphatic rings. The Labute approximate surface area is 61.4 Å². The Morgan fingerprint density at radius 3 is 2.44 bits per heavy atom. The molecule has 9 heavy (non-hydrogen) atoms. The molecule has 0 aromatic heterocycles. The number of nitrogens with two attached hydrogens (primary N) is 1. The minimum Gasteiger partial charge on any atom is -0.327 e. The van der Waals surface area contributed by atoms with Gasteiger partial charge < -0.3 is 5.73 Å². The van der Waals surface area contributed by atoms with Gasteiger partial charge in [0.05, 0.1) is 0 Å². The monoisotopic (exact) mass is 145 g/mol. The highest BCUT2D eigenvalue weighted by atomic mass is 32.2. The van der Waals surface area contributed by atoms with Crippen LogP contribution in [0.3, 0.4) is 0 Å². The highest BCUT2D eigenvalue weighted by Gasteiger charge is 2.19. The van der Waals surface area contributed by atoms with Crippen molar-refractivity contribution in [1.82, 2.24) is 0 Å². The van der Waals surface area contributed by atoms with E-state index >= 15 is 0 Å². The van der Waals surface area contributed by atoms with Gasteiger partial charge >= 0.3 is 0 Å². The average Bonchev–Trinajstić information content (AvgIpc) is 1.89. The standard InChI is InChI=1S/C7H15NS/c1-9-7-5-3-2-4-6(7)8/h6-7H,2-5,8H2,1H3. The van der Waals surface area contributed by atoms with Crippen molar-refractivity contribution in [3.63, 3.8) is 0 Å². The van der Waals surface area contributed by atoms with E-state index in [0.717, 1.165) is 5.25 Å². The summed E-state index contributed by atoms with van der Waals surface area (Å²) >= 11 is 1.93. The van der Waals surface area contributed by atoms with Crippen LogP contribution < -0.4 is 5.73 Å². The van der Waals surface area contributed by atoms with Gasteiger partial charge in [-0.1, -0.05) is 12.8 Å². The third-order valence-electron chi connectivity index (χ3n) is 2.06. The Kier molecular flexibility index (Phi) is 2.86. The summed E-state index contributed by atoms with van der Waals surface area (Å²) in [6.07, 6.45) is 7.47. The Morgan fingerprint density at radius 1 is 1.33 bits per heavy atom. The van der Waals surface area contributed by atoms with Crippen molar-refractivity contribution in [2.45, 2.75) is 37.0 Å². The molecule has 0 amide bonds. The number of rotatable bonds is 1. The summed E-state index contributed by atoms with van der Waals surface area (Å²) in [5.74, 6) is 0. The number of thioether (sulfide) groups is 1. The highest BCUT2D eigenvalue weighted by Crippen LogP contribution is 2.25. The number of hydrogen-bond acceptors (Lipinski definition) is 2. The smallest absolute Gasteiger partial charge is 0.0196 e. The lowest BCUT2D eigenvalue weighted by Gasteiger charge is -2.26. The van der Waals surface area contributed by atoms with Gasteiger partial charge in [-0.2, -0.15) is 11.8 Å². The van der Waals surface area contributed by atoms with Crippen molar-refractivity contribution < 1.29 is 0 Å². The third-order valence-corrected chi connectivity index (χ3v) is 3.25. The van der Waals surface area contributed by atoms with Crippen LogP contribution >= 0.6 is 11.8 Å². The molecule has 0 heterocycles. The van der Waals surface area contributed by atoms with E-state index in [1.807, 2.05) is 11.8 Å². The normalized spacial score (nSPS) is 36.7. The Balaban J connectivity index is 2.30. The molecular formula is C7H15NS. The van der Waals surface area contributed by atoms with Gasteiger partial charge in [-0.25, -0.2) is 0 Å². The topological polar surface area (TPSA) is 26.0 Å². The van der Waals surface area contributed by atoms with Crippen LogP contribution in [-0.2, 0) is 0 Å². The molecular weight excluding hydrogens is 130 g/mol. The average molecular weight is 145 g/mol. The molecule has 0 aliphatic heterocycles. The molecule has 1 aliphatic carbocycles. The van der Waals surface area contributed by atoms with E-state index in [-0.39, 0.29) is 0 Å². The zero-order valence-electron chi connectivity index (χ0n) is 5.97. The lowest BCUT2D eigenvalue weighted by Crippen LogP contribution is -2.34. The Bertz CT molecular complexity index is 85.0. The maximum absolute atomic E-state index is 5.87. The van der Waals surface area contributed by atoms with E-state index in [2.05, 4.69) is 6.26 Å². The maximum atomic E-state index is 5.87. The fourth-order valence-electron chi connectivity index (χ4n) is 1.42. The zero-order chi connectivity index (χ0) is 6.69. The SMILES string of the molecule is CSC1CCCCC1N. The molecule has 1 rings (SSSR count). The van der Waals surface area contributed by atoms with Crippen molar-refractivity contribution in [2.75, 3.05) is 6.26 Å². The first kappa shape index (κ1) is 7.42. The van der Waals surface area contributed by atoms with E-state index in [9.17, 15) is 0 Å². The van der Waals surface area contributed by atoms with Gasteiger partial charge in [-0.05, 0) is 19.1 Å². The maximum Gasteiger partial charge on any atom is 0.0196 e. The molecule has 0 saturated heterocycles. The van der Waals surface area contributed by atoms with Crippen LogP contribution in [0.1, 0.15) is 25.7 Å². The molecule has 2 atom stereocenters. The predicted octanol–water partition coefficient (Wildman–Crippen LogP) is 1.62. The third kappa shape index (κ3) is 1.87. The molecule has 2 N–H and O–H groups in total. The van der Waals surface area contributed by atoms with Gasteiger partial charge in [0.15, 0.2) is 0 Å². The first-order valence-electron chi connectivity index (χ1n) is 3.63. The first-order valence-corrected chi connectivity index (χ1v) is 4.92. The van der Waals surface area contributed by atoms with Gasteiger partial charge in [0, 0.05) is 11.3 Å². The lowest BCUT2D eigenvalue weighted by atomic mass is 9.96. The van der Waals surface area contributed by atoms with Crippen molar-refractivity contribution in [3.05, 3.63) is 0 Å². The Morgan fingerprint density at radius 2 is 2.00 bits per heavy atom. The van der Waals surface area contributed by atoms with Crippen LogP contribution in [0.25, 0.3) is 0 Å². The van der Waals surface area contributed by atoms with E-state index in [1.165, 1.54) is 25.7 Å². The molecule has 0 aromatic carbocycles. The van der Waals surface area contributed by atoms with Crippen LogP contribution in [0, 0.1) is 0 Å². The molecule has 1 fully saturated rings. The molecule has 0 bridgehead atoms. The van der Waals surface area contributed by atoms with Crippen LogP contribution in [-0.4, -0.2) is 17.5 Å². The number of hydrogen-bond donors (Lipinski definition) is 1. The van der Waals surface area contributed by atoms with Crippen LogP contribution in [0.2, 0.25) is 0 Å². The minimum absolute atomic E-state index is 0.480. The van der Waals surface area contributed by atoms with Crippen LogP contribution in [0.4, 0.5) is 0 Å². The summed E-state index contributed by atoms with van der Waals surface area (Å²) < 4.78 is 0. The second-order valence-electron chi connectivity index (χ2n) is 2.72. The van der Waals surface area contributed by atoms with E-state index in [1.54, 1.807) is 0 Å². The van der Waals surface area contributed by atoms with Crippen molar-refractivity contribution in [1.29, 1.82) is 0 Å². The summed E-state index contributed by atoms with van der Waals surface area (Å²) in [7, 11) is 0. The Hall–Kier alpha value is 0.310. The molecule has 2 heteroatoms. The first-order chi connectivity index (χ1) is 4.34. The van der Waals surface area contributed by atoms with E-state index < -0.39 is 0 Å². The van der Waals surface area contributed by atoms with Crippen molar-refractivity contribution >= 4 is 11.8 Å². The van der Waals surface area contributed by atoms with Gasteiger partial charge in [0.25, 0.3) is 0 Å². The minimum atomic E-state index is 0.480. The fraction of sp³-hybridized carbons (Fsp3) is 1.00. The summed E-state index contributed by atoms with van der Waals surface area (Å²) in [4.78, 5) is 0. The summed E-state index contributed by atoms with van der Waals surface area (Å²) in [6.45, 7) is 0. The second kappa shape index (κ2) is 3.47. The fourth-order valence-corrected chi connectivity index (χ4v) is 2.31. The van der Waals surface area contributed by atoms with Crippen LogP contribution in [0.15, 0.2) is 0 Å². The molecule has 0 spiro atoms. The summed E-state index contributed by atoms with van der Waals surface area (Å²) in [5.41, 5.74) is 5.87. The van der Waals surface area contributed by atoms with Gasteiger partial charge in [-0.3, -0.25) is 0 Å². The van der Waals surface area contributed by atoms with Crippen molar-refractivity contribution in [3.8, 4) is 0 Å². The molecule has 0 aromatic rings. The summed E-state index contributed by atoms with van der Waals surface area (Å²) in [6, 6.07) is 0.480. The highest BCUT2D eigenvalue weighted by molar-refractivity contribution is 7.99. The van der Waals surface area contributed by atoms with E-state index in [0.29, 0.717) is 6.04 Å². The quantitative estimate of drug-likeness (QED) is 0.607. The van der Waals surface area contributed by atoms with Gasteiger partial charge in [0.2, 0.25) is 0 Å². The molecule has 54 valence electrons. The second-order valence-corrected chi connectivity index (χ2v) is 3.80. The summed E-state index contributed by atoms with van der Waals surface area (Å²) in [5, 5.41) is 0.749. The molecule has 1 saturated carbocycles. The van der Waals surface area contributed by atoms with Crippen LogP contribution in [0.5, 0.6) is 0 Å². The van der Waals surface area contributed by atoms with Crippen molar-refractivity contribution in [2.24, 2.45) is 5.73 Å². The molecule has 2 unspecified atom stereocenters. The van der Waals surface area contributed by atoms with Gasteiger partial charge in [-0.15, -0.1) is 0 Å². The van der Waals surface area contributed by atoms with E-state index in [4.69, 9.17) is 5.73 Å².